The fourth-order valence-electron chi connectivity index (χ4n) is 2.98. The molecule has 0 aliphatic rings. The lowest BCUT2D eigenvalue weighted by Gasteiger charge is -2.16. The summed E-state index contributed by atoms with van der Waals surface area (Å²) in [4.78, 5) is 25.2. The molecular formula is C21H24N4O5S. The van der Waals surface area contributed by atoms with Gasteiger partial charge in [-0.05, 0) is 43.3 Å². The topological polar surface area (TPSA) is 103 Å². The molecule has 0 unspecified atom stereocenters. The lowest BCUT2D eigenvalue weighted by molar-refractivity contribution is -0.118. The van der Waals surface area contributed by atoms with Crippen molar-refractivity contribution in [3.05, 3.63) is 70.6 Å². The average Bonchev–Trinajstić information content (AvgIpc) is 2.95. The molecule has 3 aromatic rings. The molecule has 0 spiro atoms. The van der Waals surface area contributed by atoms with Crippen LogP contribution in [0.5, 0.6) is 5.75 Å². The number of ether oxygens (including phenoxy) is 1. The number of carbonyl (C=O) groups excluding carboxylic acids is 1. The molecular weight excluding hydrogens is 420 g/mol. The summed E-state index contributed by atoms with van der Waals surface area (Å²) >= 11 is 0. The van der Waals surface area contributed by atoms with Gasteiger partial charge in [-0.25, -0.2) is 13.1 Å². The van der Waals surface area contributed by atoms with Crippen LogP contribution in [0.2, 0.25) is 0 Å². The van der Waals surface area contributed by atoms with E-state index in [1.165, 1.54) is 11.7 Å². The minimum Gasteiger partial charge on any atom is -0.484 e. The van der Waals surface area contributed by atoms with Gasteiger partial charge in [0.05, 0.1) is 23.3 Å². The van der Waals surface area contributed by atoms with Gasteiger partial charge >= 0.3 is 0 Å². The Hall–Kier alpha value is -3.53. The Morgan fingerprint density at radius 1 is 1.10 bits per heavy atom. The highest BCUT2D eigenvalue weighted by Crippen LogP contribution is 2.20. The number of para-hydroxylation sites is 1. The van der Waals surface area contributed by atoms with Gasteiger partial charge in [-0.2, -0.15) is 0 Å². The Morgan fingerprint density at radius 2 is 1.71 bits per heavy atom. The van der Waals surface area contributed by atoms with E-state index >= 15 is 0 Å². The van der Waals surface area contributed by atoms with Crippen molar-refractivity contribution >= 4 is 27.3 Å². The van der Waals surface area contributed by atoms with Crippen LogP contribution in [-0.4, -0.2) is 43.6 Å². The number of benzene rings is 2. The van der Waals surface area contributed by atoms with Crippen LogP contribution in [0, 0.1) is 6.92 Å². The number of aromatic nitrogens is 2. The van der Waals surface area contributed by atoms with Crippen LogP contribution >= 0.6 is 0 Å². The quantitative estimate of drug-likeness (QED) is 0.600. The van der Waals surface area contributed by atoms with Gasteiger partial charge in [-0.3, -0.25) is 18.6 Å². The minimum absolute atomic E-state index is 0.185. The van der Waals surface area contributed by atoms with Crippen LogP contribution in [0.1, 0.15) is 5.69 Å². The Bertz CT molecular complexity index is 1250. The first-order chi connectivity index (χ1) is 14.6. The normalized spacial score (nSPS) is 11.2. The molecule has 0 saturated heterocycles. The van der Waals surface area contributed by atoms with Crippen LogP contribution in [0.4, 0.5) is 11.4 Å². The molecule has 3 rings (SSSR count). The van der Waals surface area contributed by atoms with Gasteiger partial charge in [0.1, 0.15) is 11.4 Å². The molecule has 0 aliphatic carbocycles. The molecule has 31 heavy (non-hydrogen) atoms. The summed E-state index contributed by atoms with van der Waals surface area (Å²) in [5.74, 6) is -0.0874. The van der Waals surface area contributed by atoms with Crippen molar-refractivity contribution < 1.29 is 17.9 Å². The summed E-state index contributed by atoms with van der Waals surface area (Å²) in [7, 11) is -0.176. The molecule has 0 atom stereocenters. The first kappa shape index (κ1) is 22.2. The Kier molecular flexibility index (Phi) is 6.21. The summed E-state index contributed by atoms with van der Waals surface area (Å²) in [6, 6.07) is 15.4. The molecule has 0 bridgehead atoms. The molecule has 1 amide bonds. The maximum absolute atomic E-state index is 12.8. The molecule has 0 radical (unpaired) electrons. The van der Waals surface area contributed by atoms with Crippen molar-refractivity contribution in [2.75, 3.05) is 29.5 Å². The first-order valence-electron chi connectivity index (χ1n) is 9.40. The van der Waals surface area contributed by atoms with Crippen LogP contribution in [0.25, 0.3) is 5.69 Å². The highest BCUT2D eigenvalue weighted by Gasteiger charge is 2.18. The fraction of sp³-hybridized carbons (Fsp3) is 0.238. The third-order valence-corrected chi connectivity index (χ3v) is 6.09. The van der Waals surface area contributed by atoms with Crippen LogP contribution in [0.15, 0.2) is 59.4 Å². The van der Waals surface area contributed by atoms with Crippen LogP contribution in [0.3, 0.4) is 0 Å². The molecule has 9 nitrogen and oxygen atoms in total. The van der Waals surface area contributed by atoms with Crippen LogP contribution < -0.4 is 19.9 Å². The smallest absolute Gasteiger partial charge is 0.295 e. The maximum Gasteiger partial charge on any atom is 0.295 e. The number of anilines is 2. The molecule has 0 aliphatic heterocycles. The highest BCUT2D eigenvalue weighted by atomic mass is 32.2. The zero-order chi connectivity index (χ0) is 22.8. The van der Waals surface area contributed by atoms with E-state index in [1.54, 1.807) is 55.1 Å². The van der Waals surface area contributed by atoms with Gasteiger partial charge in [0.25, 0.3) is 11.5 Å². The first-order valence-corrected chi connectivity index (χ1v) is 11.2. The zero-order valence-electron chi connectivity index (χ0n) is 17.7. The van der Waals surface area contributed by atoms with E-state index in [1.807, 2.05) is 18.2 Å². The summed E-state index contributed by atoms with van der Waals surface area (Å²) in [5.41, 5.74) is 1.61. The lowest BCUT2D eigenvalue weighted by atomic mass is 10.3. The summed E-state index contributed by atoms with van der Waals surface area (Å²) in [6.45, 7) is 1.44. The Balaban J connectivity index is 1.69. The number of hydrogen-bond donors (Lipinski definition) is 1. The highest BCUT2D eigenvalue weighted by molar-refractivity contribution is 7.92. The molecule has 1 heterocycles. The van der Waals surface area contributed by atoms with Crippen molar-refractivity contribution in [1.29, 1.82) is 0 Å². The maximum atomic E-state index is 12.8. The molecule has 0 saturated carbocycles. The number of rotatable bonds is 7. The van der Waals surface area contributed by atoms with Gasteiger partial charge in [0, 0.05) is 14.1 Å². The number of hydrogen-bond acceptors (Lipinski definition) is 5. The predicted octanol–water partition coefficient (Wildman–Crippen LogP) is 1.90. The van der Waals surface area contributed by atoms with Gasteiger partial charge in [-0.1, -0.05) is 18.2 Å². The molecule has 2 aromatic carbocycles. The zero-order valence-corrected chi connectivity index (χ0v) is 18.5. The summed E-state index contributed by atoms with van der Waals surface area (Å²) in [6.07, 6.45) is 1.11. The van der Waals surface area contributed by atoms with Crippen molar-refractivity contribution in [3.63, 3.8) is 0 Å². The van der Waals surface area contributed by atoms with E-state index in [4.69, 9.17) is 4.74 Å². The number of sulfonamides is 1. The second kappa shape index (κ2) is 8.68. The third kappa shape index (κ3) is 4.80. The largest absolute Gasteiger partial charge is 0.484 e. The molecule has 1 aromatic heterocycles. The van der Waals surface area contributed by atoms with Crippen LogP contribution in [-0.2, 0) is 21.9 Å². The monoisotopic (exact) mass is 444 g/mol. The second-order valence-electron chi connectivity index (χ2n) is 7.00. The third-order valence-electron chi connectivity index (χ3n) is 4.89. The van der Waals surface area contributed by atoms with Gasteiger partial charge in [0.15, 0.2) is 6.61 Å². The Labute approximate surface area is 180 Å². The van der Waals surface area contributed by atoms with Crippen molar-refractivity contribution in [2.45, 2.75) is 6.92 Å². The number of amides is 1. The van der Waals surface area contributed by atoms with E-state index < -0.39 is 15.9 Å². The SMILES string of the molecule is Cc1c(NC(=O)COc2ccc(N(C)S(C)(=O)=O)cc2)c(=O)n(-c2ccccc2)n1C. The minimum atomic E-state index is -3.36. The van der Waals surface area contributed by atoms with Gasteiger partial charge in [0.2, 0.25) is 10.0 Å². The standard InChI is InChI=1S/C21H24N4O5S/c1-15-20(21(27)25(23(15)2)17-8-6-5-7-9-17)22-19(26)14-30-18-12-10-16(11-13-18)24(3)31(4,28)29/h5-13H,14H2,1-4H3,(H,22,26). The lowest BCUT2D eigenvalue weighted by Crippen LogP contribution is -2.26. The number of nitrogens with zero attached hydrogens (tertiary/aromatic N) is 3. The van der Waals surface area contributed by atoms with E-state index in [9.17, 15) is 18.0 Å². The van der Waals surface area contributed by atoms with Gasteiger partial charge < -0.3 is 10.1 Å². The molecule has 0 fully saturated rings. The molecule has 10 heteroatoms. The molecule has 1 N–H and O–H groups in total. The second-order valence-corrected chi connectivity index (χ2v) is 9.01. The summed E-state index contributed by atoms with van der Waals surface area (Å²) in [5, 5.41) is 2.62. The summed E-state index contributed by atoms with van der Waals surface area (Å²) < 4.78 is 32.9. The Morgan fingerprint density at radius 3 is 2.29 bits per heavy atom. The van der Waals surface area contributed by atoms with E-state index in [0.29, 0.717) is 22.8 Å². The molecule has 164 valence electrons. The van der Waals surface area contributed by atoms with E-state index in [0.717, 1.165) is 10.6 Å². The predicted molar refractivity (Wildman–Crippen MR) is 120 cm³/mol. The van der Waals surface area contributed by atoms with E-state index in [-0.39, 0.29) is 17.9 Å². The number of nitrogens with one attached hydrogen (secondary N) is 1. The van der Waals surface area contributed by atoms with E-state index in [2.05, 4.69) is 5.32 Å². The fourth-order valence-corrected chi connectivity index (χ4v) is 3.49. The van der Waals surface area contributed by atoms with Crippen molar-refractivity contribution in [3.8, 4) is 11.4 Å². The van der Waals surface area contributed by atoms with Crippen molar-refractivity contribution in [1.82, 2.24) is 9.36 Å². The average molecular weight is 445 g/mol. The van der Waals surface area contributed by atoms with Gasteiger partial charge in [-0.15, -0.1) is 0 Å². The number of carbonyl (C=O) groups is 1. The van der Waals surface area contributed by atoms with Crippen molar-refractivity contribution in [2.24, 2.45) is 7.05 Å².